The van der Waals surface area contributed by atoms with Gasteiger partial charge in [-0.2, -0.15) is 5.10 Å². The van der Waals surface area contributed by atoms with Gasteiger partial charge in [-0.25, -0.2) is 9.67 Å². The van der Waals surface area contributed by atoms with Crippen LogP contribution in [0.25, 0.3) is 0 Å². The molecule has 23 heavy (non-hydrogen) atoms. The van der Waals surface area contributed by atoms with Gasteiger partial charge in [-0.1, -0.05) is 19.3 Å². The molecule has 1 aromatic heterocycles. The number of nitrogens with zero attached hydrogens (tertiary/aromatic N) is 3. The molecule has 0 radical (unpaired) electrons. The molecule has 1 aliphatic heterocycles. The van der Waals surface area contributed by atoms with Gasteiger partial charge in [0.15, 0.2) is 5.82 Å². The van der Waals surface area contributed by atoms with E-state index in [0.29, 0.717) is 12.5 Å². The van der Waals surface area contributed by atoms with Gasteiger partial charge >= 0.3 is 0 Å². The second-order valence-corrected chi connectivity index (χ2v) is 7.49. The van der Waals surface area contributed by atoms with E-state index >= 15 is 0 Å². The maximum Gasteiger partial charge on any atom is 0.231 e. The Morgan fingerprint density at radius 2 is 2.04 bits per heavy atom. The number of ether oxygens (including phenoxy) is 1. The van der Waals surface area contributed by atoms with Crippen LogP contribution in [0.4, 0.5) is 0 Å². The van der Waals surface area contributed by atoms with Crippen molar-refractivity contribution in [3.05, 3.63) is 11.6 Å². The zero-order valence-corrected chi connectivity index (χ0v) is 13.7. The predicted octanol–water partition coefficient (Wildman–Crippen LogP) is 1.88. The fraction of sp³-hybridized carbons (Fsp3) is 0.824. The summed E-state index contributed by atoms with van der Waals surface area (Å²) in [4.78, 5) is 16.8. The van der Waals surface area contributed by atoms with Crippen molar-refractivity contribution in [1.29, 1.82) is 0 Å². The van der Waals surface area contributed by atoms with Gasteiger partial charge in [0.25, 0.3) is 0 Å². The quantitative estimate of drug-likeness (QED) is 0.898. The fourth-order valence-electron chi connectivity index (χ4n) is 4.07. The molecule has 1 amide bonds. The molecule has 1 aromatic rings. The Hall–Kier alpha value is -1.43. The Kier molecular flexibility index (Phi) is 3.87. The molecule has 2 aliphatic carbocycles. The zero-order valence-electron chi connectivity index (χ0n) is 13.7. The van der Waals surface area contributed by atoms with Gasteiger partial charge in [-0.3, -0.25) is 4.79 Å². The minimum Gasteiger partial charge on any atom is -0.381 e. The summed E-state index contributed by atoms with van der Waals surface area (Å²) < 4.78 is 7.49. The van der Waals surface area contributed by atoms with Crippen molar-refractivity contribution >= 4 is 5.91 Å². The van der Waals surface area contributed by atoms with Crippen LogP contribution >= 0.6 is 0 Å². The third-order valence-corrected chi connectivity index (χ3v) is 5.79. The fourth-order valence-corrected chi connectivity index (χ4v) is 4.07. The highest BCUT2D eigenvalue weighted by molar-refractivity contribution is 5.88. The Morgan fingerprint density at radius 1 is 1.26 bits per heavy atom. The maximum atomic E-state index is 12.0. The normalized spacial score (nSPS) is 27.2. The van der Waals surface area contributed by atoms with Crippen LogP contribution in [0.1, 0.15) is 68.9 Å². The standard InChI is InChI=1S/C17H26N4O2/c18-15(22)17(7-8-17)16-19-14(13-6-9-23-11-13)20-21(16)10-12-4-2-1-3-5-12/h12-13H,1-11H2,(H2,18,22). The van der Waals surface area contributed by atoms with Crippen molar-refractivity contribution in [3.63, 3.8) is 0 Å². The number of nitrogens with two attached hydrogens (primary N) is 1. The van der Waals surface area contributed by atoms with Gasteiger partial charge in [-0.15, -0.1) is 0 Å². The van der Waals surface area contributed by atoms with Gasteiger partial charge in [-0.05, 0) is 38.0 Å². The van der Waals surface area contributed by atoms with Crippen LogP contribution in [-0.4, -0.2) is 33.9 Å². The van der Waals surface area contributed by atoms with Crippen molar-refractivity contribution in [2.24, 2.45) is 11.7 Å². The smallest absolute Gasteiger partial charge is 0.231 e. The third-order valence-electron chi connectivity index (χ3n) is 5.79. The number of carbonyl (C=O) groups excluding carboxylic acids is 1. The van der Waals surface area contributed by atoms with Gasteiger partial charge in [0.05, 0.1) is 6.61 Å². The van der Waals surface area contributed by atoms with Crippen LogP contribution < -0.4 is 5.73 Å². The molecule has 6 nitrogen and oxygen atoms in total. The van der Waals surface area contributed by atoms with Gasteiger partial charge < -0.3 is 10.5 Å². The van der Waals surface area contributed by atoms with Crippen molar-refractivity contribution in [2.45, 2.75) is 69.2 Å². The van der Waals surface area contributed by atoms with Gasteiger partial charge in [0, 0.05) is 19.1 Å². The van der Waals surface area contributed by atoms with E-state index in [4.69, 9.17) is 20.6 Å². The summed E-state index contributed by atoms with van der Waals surface area (Å²) in [6, 6.07) is 0. The van der Waals surface area contributed by atoms with Crippen LogP contribution in [0.2, 0.25) is 0 Å². The molecule has 3 aliphatic rings. The summed E-state index contributed by atoms with van der Waals surface area (Å²) in [5.41, 5.74) is 5.13. The molecular formula is C17H26N4O2. The van der Waals surface area contributed by atoms with Gasteiger partial charge in [0.2, 0.25) is 5.91 Å². The van der Waals surface area contributed by atoms with E-state index in [1.54, 1.807) is 0 Å². The lowest BCUT2D eigenvalue weighted by atomic mass is 9.89. The lowest BCUT2D eigenvalue weighted by molar-refractivity contribution is -0.120. The molecule has 2 heterocycles. The molecule has 0 bridgehead atoms. The Bertz CT molecular complexity index is 581. The largest absolute Gasteiger partial charge is 0.381 e. The molecule has 3 fully saturated rings. The molecule has 1 saturated heterocycles. The number of carbonyl (C=O) groups is 1. The number of rotatable bonds is 5. The third kappa shape index (κ3) is 2.77. The summed E-state index contributed by atoms with van der Waals surface area (Å²) in [5, 5.41) is 4.79. The number of hydrogen-bond acceptors (Lipinski definition) is 4. The van der Waals surface area contributed by atoms with E-state index in [0.717, 1.165) is 44.1 Å². The molecule has 1 atom stereocenters. The lowest BCUT2D eigenvalue weighted by Gasteiger charge is -2.22. The topological polar surface area (TPSA) is 83.0 Å². The van der Waals surface area contributed by atoms with Crippen LogP contribution in [0.5, 0.6) is 0 Å². The monoisotopic (exact) mass is 318 g/mol. The Balaban J connectivity index is 1.63. The first-order chi connectivity index (χ1) is 11.2. The molecule has 0 aromatic carbocycles. The zero-order chi connectivity index (χ0) is 15.9. The summed E-state index contributed by atoms with van der Waals surface area (Å²) in [6.07, 6.45) is 9.05. The molecule has 0 spiro atoms. The highest BCUT2D eigenvalue weighted by Crippen LogP contribution is 2.47. The molecule has 4 rings (SSSR count). The van der Waals surface area contributed by atoms with Crippen molar-refractivity contribution < 1.29 is 9.53 Å². The molecular weight excluding hydrogens is 292 g/mol. The van der Waals surface area contributed by atoms with Gasteiger partial charge in [0.1, 0.15) is 11.2 Å². The van der Waals surface area contributed by atoms with E-state index in [1.165, 1.54) is 32.1 Å². The lowest BCUT2D eigenvalue weighted by Crippen LogP contribution is -2.32. The minimum absolute atomic E-state index is 0.246. The first-order valence-corrected chi connectivity index (χ1v) is 9.02. The summed E-state index contributed by atoms with van der Waals surface area (Å²) >= 11 is 0. The number of primary amides is 1. The van der Waals surface area contributed by atoms with Crippen molar-refractivity contribution in [3.8, 4) is 0 Å². The van der Waals surface area contributed by atoms with E-state index in [-0.39, 0.29) is 11.8 Å². The van der Waals surface area contributed by atoms with Crippen LogP contribution in [0.15, 0.2) is 0 Å². The predicted molar refractivity (Wildman–Crippen MR) is 84.9 cm³/mol. The summed E-state index contributed by atoms with van der Waals surface area (Å²) in [7, 11) is 0. The highest BCUT2D eigenvalue weighted by Gasteiger charge is 2.54. The molecule has 1 unspecified atom stereocenters. The van der Waals surface area contributed by atoms with Crippen LogP contribution in [-0.2, 0) is 21.5 Å². The van der Waals surface area contributed by atoms with Crippen molar-refractivity contribution in [2.75, 3.05) is 13.2 Å². The first-order valence-electron chi connectivity index (χ1n) is 9.02. The van der Waals surface area contributed by atoms with E-state index in [1.807, 2.05) is 4.68 Å². The van der Waals surface area contributed by atoms with Crippen LogP contribution in [0, 0.1) is 5.92 Å². The minimum atomic E-state index is -0.556. The average molecular weight is 318 g/mol. The number of amides is 1. The maximum absolute atomic E-state index is 12.0. The Morgan fingerprint density at radius 3 is 2.65 bits per heavy atom. The Labute approximate surface area is 136 Å². The van der Waals surface area contributed by atoms with E-state index < -0.39 is 5.41 Å². The summed E-state index contributed by atoms with van der Waals surface area (Å²) in [6.45, 7) is 2.35. The highest BCUT2D eigenvalue weighted by atomic mass is 16.5. The van der Waals surface area contributed by atoms with E-state index in [2.05, 4.69) is 0 Å². The average Bonchev–Trinajstić information content (AvgIpc) is 2.99. The van der Waals surface area contributed by atoms with Crippen molar-refractivity contribution in [1.82, 2.24) is 14.8 Å². The number of hydrogen-bond donors (Lipinski definition) is 1. The molecule has 126 valence electrons. The second kappa shape index (κ2) is 5.89. The molecule has 2 saturated carbocycles. The summed E-state index contributed by atoms with van der Waals surface area (Å²) in [5.74, 6) is 2.34. The molecule has 2 N–H and O–H groups in total. The van der Waals surface area contributed by atoms with Crippen LogP contribution in [0.3, 0.4) is 0 Å². The molecule has 6 heteroatoms. The second-order valence-electron chi connectivity index (χ2n) is 7.49. The van der Waals surface area contributed by atoms with E-state index in [9.17, 15) is 4.79 Å². The number of aromatic nitrogens is 3. The SMILES string of the molecule is NC(=O)C1(c2nc(C3CCOC3)nn2CC2CCCCC2)CC1. The first kappa shape index (κ1) is 15.1.